The van der Waals surface area contributed by atoms with E-state index in [1.54, 1.807) is 18.2 Å². The minimum atomic E-state index is -0.711. The number of benzene rings is 1. The molecule has 5 heteroatoms. The molecule has 0 spiro atoms. The molecule has 88 valence electrons. The molecule has 0 heterocycles. The first-order chi connectivity index (χ1) is 7.49. The first-order valence-corrected chi connectivity index (χ1v) is 5.96. The molecular formula is C11H12BrClO3. The molecule has 1 rings (SSSR count). The lowest BCUT2D eigenvalue weighted by Gasteiger charge is -2.08. The van der Waals surface area contributed by atoms with Crippen LogP contribution in [0, 0.1) is 5.92 Å². The molecule has 0 aromatic heterocycles. The monoisotopic (exact) mass is 306 g/mol. The van der Waals surface area contributed by atoms with Crippen LogP contribution < -0.4 is 4.74 Å². The van der Waals surface area contributed by atoms with Gasteiger partial charge in [0.2, 0.25) is 0 Å². The second kappa shape index (κ2) is 6.11. The Morgan fingerprint density at radius 3 is 2.75 bits per heavy atom. The van der Waals surface area contributed by atoms with Crippen LogP contribution >= 0.6 is 27.5 Å². The van der Waals surface area contributed by atoms with Gasteiger partial charge in [-0.15, -0.1) is 0 Å². The van der Waals surface area contributed by atoms with E-state index >= 15 is 0 Å². The highest BCUT2D eigenvalue weighted by Crippen LogP contribution is 2.28. The Morgan fingerprint density at radius 1 is 1.50 bits per heavy atom. The summed E-state index contributed by atoms with van der Waals surface area (Å²) in [6, 6.07) is 4.88. The van der Waals surface area contributed by atoms with Crippen molar-refractivity contribution in [1.29, 1.82) is 0 Å². The molecule has 0 saturated carbocycles. The second-order valence-electron chi connectivity index (χ2n) is 3.63. The van der Waals surface area contributed by atoms with Crippen molar-refractivity contribution < 1.29 is 14.3 Å². The van der Waals surface area contributed by atoms with Crippen molar-refractivity contribution in [2.45, 2.75) is 13.8 Å². The molecule has 0 radical (unpaired) electrons. The van der Waals surface area contributed by atoms with E-state index in [4.69, 9.17) is 21.1 Å². The molecule has 3 nitrogen and oxygen atoms in total. The molecule has 0 saturated heterocycles. The SMILES string of the molecule is CC(C)COC(=O)Oc1ccc(Cl)cc1Br. The second-order valence-corrected chi connectivity index (χ2v) is 4.92. The van der Waals surface area contributed by atoms with Crippen molar-refractivity contribution in [2.75, 3.05) is 6.61 Å². The summed E-state index contributed by atoms with van der Waals surface area (Å²) in [4.78, 5) is 11.3. The number of halogens is 2. The van der Waals surface area contributed by atoms with Crippen molar-refractivity contribution >= 4 is 33.7 Å². The van der Waals surface area contributed by atoms with Crippen molar-refractivity contribution in [3.8, 4) is 5.75 Å². The highest BCUT2D eigenvalue weighted by molar-refractivity contribution is 9.10. The zero-order valence-corrected chi connectivity index (χ0v) is 11.3. The molecule has 0 atom stereocenters. The Morgan fingerprint density at radius 2 is 2.19 bits per heavy atom. The predicted octanol–water partition coefficient (Wildman–Crippen LogP) is 4.27. The van der Waals surface area contributed by atoms with Crippen LogP contribution in [0.15, 0.2) is 22.7 Å². The van der Waals surface area contributed by atoms with Gasteiger partial charge in [-0.05, 0) is 40.0 Å². The van der Waals surface area contributed by atoms with Gasteiger partial charge < -0.3 is 9.47 Å². The molecule has 1 aromatic rings. The molecule has 0 bridgehead atoms. The molecule has 0 aliphatic rings. The topological polar surface area (TPSA) is 35.5 Å². The number of carbonyl (C=O) groups excluding carboxylic acids is 1. The number of ether oxygens (including phenoxy) is 2. The fraction of sp³-hybridized carbons (Fsp3) is 0.364. The van der Waals surface area contributed by atoms with E-state index < -0.39 is 6.16 Å². The summed E-state index contributed by atoms with van der Waals surface area (Å²) in [5, 5.41) is 0.565. The van der Waals surface area contributed by atoms with Crippen molar-refractivity contribution in [3.05, 3.63) is 27.7 Å². The third kappa shape index (κ3) is 4.41. The summed E-state index contributed by atoms with van der Waals surface area (Å²) in [7, 11) is 0. The molecular weight excluding hydrogens is 295 g/mol. The fourth-order valence-corrected chi connectivity index (χ4v) is 1.68. The van der Waals surface area contributed by atoms with Gasteiger partial charge in [0.15, 0.2) is 0 Å². The van der Waals surface area contributed by atoms with E-state index in [0.717, 1.165) is 0 Å². The molecule has 0 amide bonds. The summed E-state index contributed by atoms with van der Waals surface area (Å²) in [5.41, 5.74) is 0. The molecule has 0 aliphatic carbocycles. The standard InChI is InChI=1S/C11H12BrClO3/c1-7(2)6-15-11(14)16-10-4-3-8(13)5-9(10)12/h3-5,7H,6H2,1-2H3. The maximum atomic E-state index is 11.3. The maximum Gasteiger partial charge on any atom is 0.513 e. The van der Waals surface area contributed by atoms with E-state index in [0.29, 0.717) is 21.9 Å². The summed E-state index contributed by atoms with van der Waals surface area (Å²) in [5.74, 6) is 0.666. The van der Waals surface area contributed by atoms with E-state index in [2.05, 4.69) is 15.9 Å². The number of carbonyl (C=O) groups is 1. The zero-order valence-electron chi connectivity index (χ0n) is 9.00. The highest BCUT2D eigenvalue weighted by Gasteiger charge is 2.10. The van der Waals surface area contributed by atoms with Crippen LogP contribution in [0.4, 0.5) is 4.79 Å². The zero-order chi connectivity index (χ0) is 12.1. The van der Waals surface area contributed by atoms with E-state index in [-0.39, 0.29) is 5.92 Å². The van der Waals surface area contributed by atoms with Gasteiger partial charge in [0.25, 0.3) is 0 Å². The lowest BCUT2D eigenvalue weighted by atomic mass is 10.2. The van der Waals surface area contributed by atoms with Crippen LogP contribution in [0.1, 0.15) is 13.8 Å². The number of hydrogen-bond donors (Lipinski definition) is 0. The largest absolute Gasteiger partial charge is 0.513 e. The Hall–Kier alpha value is -0.740. The van der Waals surface area contributed by atoms with Gasteiger partial charge in [-0.2, -0.15) is 0 Å². The first kappa shape index (κ1) is 13.3. The lowest BCUT2D eigenvalue weighted by molar-refractivity contribution is 0.0883. The van der Waals surface area contributed by atoms with Crippen molar-refractivity contribution in [2.24, 2.45) is 5.92 Å². The van der Waals surface area contributed by atoms with Crippen LogP contribution in [-0.2, 0) is 4.74 Å². The van der Waals surface area contributed by atoms with Crippen LogP contribution in [0.5, 0.6) is 5.75 Å². The lowest BCUT2D eigenvalue weighted by Crippen LogP contribution is -2.14. The van der Waals surface area contributed by atoms with Gasteiger partial charge in [0, 0.05) is 5.02 Å². The molecule has 0 aliphatic heterocycles. The molecule has 16 heavy (non-hydrogen) atoms. The Labute approximate surface area is 108 Å². The fourth-order valence-electron chi connectivity index (χ4n) is 0.912. The van der Waals surface area contributed by atoms with Gasteiger partial charge in [-0.25, -0.2) is 4.79 Å². The first-order valence-electron chi connectivity index (χ1n) is 4.78. The quantitative estimate of drug-likeness (QED) is 0.618. The molecule has 0 unspecified atom stereocenters. The molecule has 0 N–H and O–H groups in total. The predicted molar refractivity (Wildman–Crippen MR) is 66.0 cm³/mol. The van der Waals surface area contributed by atoms with E-state index in [9.17, 15) is 4.79 Å². The Balaban J connectivity index is 2.56. The summed E-state index contributed by atoms with van der Waals surface area (Å²) < 4.78 is 10.5. The van der Waals surface area contributed by atoms with E-state index in [1.165, 1.54) is 0 Å². The van der Waals surface area contributed by atoms with Crippen molar-refractivity contribution in [1.82, 2.24) is 0 Å². The number of hydrogen-bond acceptors (Lipinski definition) is 3. The summed E-state index contributed by atoms with van der Waals surface area (Å²) in [6.07, 6.45) is -0.711. The van der Waals surface area contributed by atoms with Gasteiger partial charge >= 0.3 is 6.16 Å². The maximum absolute atomic E-state index is 11.3. The Kier molecular flexibility index (Phi) is 5.09. The van der Waals surface area contributed by atoms with Crippen LogP contribution in [0.2, 0.25) is 5.02 Å². The minimum absolute atomic E-state index is 0.279. The Bertz CT molecular complexity index is 379. The van der Waals surface area contributed by atoms with Gasteiger partial charge in [0.05, 0.1) is 11.1 Å². The molecule has 0 fully saturated rings. The van der Waals surface area contributed by atoms with E-state index in [1.807, 2.05) is 13.8 Å². The minimum Gasteiger partial charge on any atom is -0.434 e. The highest BCUT2D eigenvalue weighted by atomic mass is 79.9. The summed E-state index contributed by atoms with van der Waals surface area (Å²) in [6.45, 7) is 4.24. The smallest absolute Gasteiger partial charge is 0.434 e. The number of rotatable bonds is 3. The van der Waals surface area contributed by atoms with Gasteiger partial charge in [-0.1, -0.05) is 25.4 Å². The normalized spacial score (nSPS) is 10.3. The van der Waals surface area contributed by atoms with Crippen LogP contribution in [0.25, 0.3) is 0 Å². The average molecular weight is 308 g/mol. The van der Waals surface area contributed by atoms with Crippen molar-refractivity contribution in [3.63, 3.8) is 0 Å². The third-order valence-corrected chi connectivity index (χ3v) is 2.48. The van der Waals surface area contributed by atoms with Crippen LogP contribution in [-0.4, -0.2) is 12.8 Å². The third-order valence-electron chi connectivity index (χ3n) is 1.62. The average Bonchev–Trinajstić information content (AvgIpc) is 2.19. The molecule has 1 aromatic carbocycles. The van der Waals surface area contributed by atoms with Crippen LogP contribution in [0.3, 0.4) is 0 Å². The van der Waals surface area contributed by atoms with Gasteiger partial charge in [-0.3, -0.25) is 0 Å². The van der Waals surface area contributed by atoms with Gasteiger partial charge in [0.1, 0.15) is 5.75 Å². The summed E-state index contributed by atoms with van der Waals surface area (Å²) >= 11 is 8.99.